The van der Waals surface area contributed by atoms with Crippen molar-refractivity contribution in [3.8, 4) is 0 Å². The number of hydrogen-bond donors (Lipinski definition) is 2. The summed E-state index contributed by atoms with van der Waals surface area (Å²) in [5.74, 6) is 1.36. The molecule has 0 radical (unpaired) electrons. The summed E-state index contributed by atoms with van der Waals surface area (Å²) < 4.78 is 6.67. The van der Waals surface area contributed by atoms with Crippen molar-refractivity contribution >= 4 is 16.8 Å². The van der Waals surface area contributed by atoms with Crippen molar-refractivity contribution in [2.45, 2.75) is 65.6 Å². The van der Waals surface area contributed by atoms with Gasteiger partial charge in [-0.05, 0) is 48.3 Å². The van der Waals surface area contributed by atoms with Gasteiger partial charge in [0.25, 0.3) is 0 Å². The van der Waals surface area contributed by atoms with E-state index in [4.69, 9.17) is 9.84 Å². The van der Waals surface area contributed by atoms with Crippen LogP contribution in [0.1, 0.15) is 69.4 Å². The first kappa shape index (κ1) is 27.0. The van der Waals surface area contributed by atoms with Crippen LogP contribution in [0.4, 0.5) is 0 Å². The molecule has 1 fully saturated rings. The number of amides is 1. The fourth-order valence-corrected chi connectivity index (χ4v) is 5.82. The summed E-state index contributed by atoms with van der Waals surface area (Å²) >= 11 is 0. The van der Waals surface area contributed by atoms with Crippen LogP contribution in [0.3, 0.4) is 0 Å². The second-order valence-corrected chi connectivity index (χ2v) is 9.60. The molecule has 2 N–H and O–H groups in total. The Balaban J connectivity index is 0.00000111. The highest BCUT2D eigenvalue weighted by Gasteiger charge is 2.33. The predicted octanol–water partition coefficient (Wildman–Crippen LogP) is 6.27. The summed E-state index contributed by atoms with van der Waals surface area (Å²) in [7, 11) is 1.00. The Morgan fingerprint density at radius 3 is 2.46 bits per heavy atom. The lowest BCUT2D eigenvalue weighted by atomic mass is 9.75. The van der Waals surface area contributed by atoms with E-state index in [1.54, 1.807) is 6.92 Å². The van der Waals surface area contributed by atoms with Gasteiger partial charge in [-0.15, -0.1) is 0 Å². The number of carbonyl (C=O) groups excluding carboxylic acids is 1. The zero-order valence-corrected chi connectivity index (χ0v) is 20.5. The number of aliphatic hydroxyl groups is 1. The van der Waals surface area contributed by atoms with Crippen LogP contribution in [0.5, 0.6) is 0 Å². The Bertz CT molecular complexity index is 1060. The molecule has 1 saturated carbocycles. The summed E-state index contributed by atoms with van der Waals surface area (Å²) in [4.78, 5) is 18.3. The summed E-state index contributed by atoms with van der Waals surface area (Å²) in [6.07, 6.45) is 6.94. The number of nitrogens with zero attached hydrogens (tertiary/aromatic N) is 1. The number of H-pyrrole nitrogens is 1. The van der Waals surface area contributed by atoms with Gasteiger partial charge in [-0.3, -0.25) is 4.79 Å². The Labute approximate surface area is 210 Å². The molecule has 2 heterocycles. The van der Waals surface area contributed by atoms with Gasteiger partial charge in [-0.1, -0.05) is 75.2 Å². The molecule has 35 heavy (non-hydrogen) atoms. The molecule has 2 aliphatic rings. The number of benzene rings is 2. The zero-order valence-electron chi connectivity index (χ0n) is 20.5. The van der Waals surface area contributed by atoms with Crippen molar-refractivity contribution < 1.29 is 14.6 Å². The summed E-state index contributed by atoms with van der Waals surface area (Å²) in [6.45, 7) is 4.02. The van der Waals surface area contributed by atoms with Crippen molar-refractivity contribution in [2.24, 2.45) is 11.8 Å². The minimum atomic E-state index is 0. The predicted molar refractivity (Wildman–Crippen MR) is 143 cm³/mol. The molecule has 1 aromatic heterocycles. The summed E-state index contributed by atoms with van der Waals surface area (Å²) in [6, 6.07) is 19.0. The van der Waals surface area contributed by atoms with E-state index >= 15 is 0 Å². The van der Waals surface area contributed by atoms with Crippen molar-refractivity contribution in [1.82, 2.24) is 9.88 Å². The van der Waals surface area contributed by atoms with E-state index in [9.17, 15) is 4.79 Å². The second-order valence-electron chi connectivity index (χ2n) is 9.60. The number of fused-ring (bicyclic) bond motifs is 4. The van der Waals surface area contributed by atoms with Gasteiger partial charge in [0.05, 0.1) is 12.7 Å². The van der Waals surface area contributed by atoms with Crippen LogP contribution < -0.4 is 0 Å². The zero-order chi connectivity index (χ0) is 23.9. The van der Waals surface area contributed by atoms with Gasteiger partial charge in [-0.2, -0.15) is 0 Å². The SMILES string of the molecule is C.CC(=O)N1CCc2c([nH]c3ccccc23)C(OCc2ccccc2)CC2CCCCC2C1.CO. The molecule has 5 rings (SSSR count). The molecular formula is C30H42N2O3. The van der Waals surface area contributed by atoms with E-state index < -0.39 is 0 Å². The van der Waals surface area contributed by atoms with Gasteiger partial charge in [0.1, 0.15) is 0 Å². The quantitative estimate of drug-likeness (QED) is 0.466. The van der Waals surface area contributed by atoms with Crippen LogP contribution in [0.25, 0.3) is 10.9 Å². The fraction of sp³-hybridized carbons (Fsp3) is 0.500. The molecule has 1 aliphatic heterocycles. The molecule has 3 atom stereocenters. The Morgan fingerprint density at radius 2 is 1.71 bits per heavy atom. The molecule has 0 bridgehead atoms. The van der Waals surface area contributed by atoms with Crippen LogP contribution in [0.2, 0.25) is 0 Å². The summed E-state index contributed by atoms with van der Waals surface area (Å²) in [5, 5.41) is 8.26. The molecule has 5 nitrogen and oxygen atoms in total. The molecule has 2 aromatic carbocycles. The highest BCUT2D eigenvalue weighted by Crippen LogP contribution is 2.41. The van der Waals surface area contributed by atoms with Crippen LogP contribution in [0, 0.1) is 11.8 Å². The van der Waals surface area contributed by atoms with Crippen LogP contribution in [-0.4, -0.2) is 41.1 Å². The first-order valence-electron chi connectivity index (χ1n) is 12.6. The number of para-hydroxylation sites is 1. The third kappa shape index (κ3) is 6.33. The van der Waals surface area contributed by atoms with Gasteiger partial charge in [0.15, 0.2) is 0 Å². The lowest BCUT2D eigenvalue weighted by molar-refractivity contribution is -0.130. The smallest absolute Gasteiger partial charge is 0.219 e. The number of aliphatic hydroxyl groups excluding tert-OH is 1. The third-order valence-electron chi connectivity index (χ3n) is 7.58. The third-order valence-corrected chi connectivity index (χ3v) is 7.58. The van der Waals surface area contributed by atoms with Crippen LogP contribution >= 0.6 is 0 Å². The fourth-order valence-electron chi connectivity index (χ4n) is 5.82. The molecule has 5 heteroatoms. The number of carbonyl (C=O) groups is 1. The van der Waals surface area contributed by atoms with E-state index in [0.717, 1.165) is 33.0 Å². The van der Waals surface area contributed by atoms with Gasteiger partial charge in [0, 0.05) is 43.7 Å². The average molecular weight is 479 g/mol. The number of hydrogen-bond acceptors (Lipinski definition) is 3. The van der Waals surface area contributed by atoms with Gasteiger partial charge < -0.3 is 19.7 Å². The number of nitrogens with one attached hydrogen (secondary N) is 1. The van der Waals surface area contributed by atoms with Crippen LogP contribution in [0.15, 0.2) is 54.6 Å². The molecule has 1 amide bonds. The molecule has 3 unspecified atom stereocenters. The molecule has 0 spiro atoms. The first-order chi connectivity index (χ1) is 16.7. The van der Waals surface area contributed by atoms with E-state index in [1.165, 1.54) is 53.4 Å². The number of ether oxygens (including phenoxy) is 1. The Kier molecular flexibility index (Phi) is 9.93. The number of rotatable bonds is 3. The highest BCUT2D eigenvalue weighted by atomic mass is 16.5. The monoisotopic (exact) mass is 478 g/mol. The van der Waals surface area contributed by atoms with Crippen molar-refractivity contribution in [1.29, 1.82) is 0 Å². The molecule has 3 aromatic rings. The number of aromatic nitrogens is 1. The second kappa shape index (κ2) is 12.9. The highest BCUT2D eigenvalue weighted by molar-refractivity contribution is 5.85. The molecular weight excluding hydrogens is 436 g/mol. The number of aromatic amines is 1. The van der Waals surface area contributed by atoms with E-state index in [-0.39, 0.29) is 19.4 Å². The topological polar surface area (TPSA) is 65.6 Å². The van der Waals surface area contributed by atoms with E-state index in [2.05, 4.69) is 64.5 Å². The largest absolute Gasteiger partial charge is 0.400 e. The van der Waals surface area contributed by atoms with Crippen molar-refractivity contribution in [3.63, 3.8) is 0 Å². The molecule has 0 saturated heterocycles. The molecule has 1 aliphatic carbocycles. The van der Waals surface area contributed by atoms with Crippen molar-refractivity contribution in [3.05, 3.63) is 71.4 Å². The van der Waals surface area contributed by atoms with Gasteiger partial charge in [-0.25, -0.2) is 0 Å². The minimum absolute atomic E-state index is 0. The maximum absolute atomic E-state index is 12.5. The lowest BCUT2D eigenvalue weighted by Crippen LogP contribution is -2.39. The minimum Gasteiger partial charge on any atom is -0.400 e. The maximum Gasteiger partial charge on any atom is 0.219 e. The standard InChI is InChI=1S/C28H34N2O2.CH4O.CH4/c1-20(31)30-16-15-25-24-13-7-8-14-26(24)29-28(25)27(32-19-21-9-3-2-4-10-21)17-22-11-5-6-12-23(22)18-30;1-2;/h2-4,7-10,13-14,22-23,27,29H,5-6,11-12,15-19H2,1H3;2H,1H3;1H4. The van der Waals surface area contributed by atoms with E-state index in [1.807, 2.05) is 0 Å². The maximum atomic E-state index is 12.5. The normalized spacial score (nSPS) is 22.1. The lowest BCUT2D eigenvalue weighted by Gasteiger charge is -2.38. The van der Waals surface area contributed by atoms with Crippen molar-refractivity contribution in [2.75, 3.05) is 20.2 Å². The van der Waals surface area contributed by atoms with Crippen LogP contribution in [-0.2, 0) is 22.6 Å². The van der Waals surface area contributed by atoms with E-state index in [0.29, 0.717) is 18.4 Å². The van der Waals surface area contributed by atoms with Gasteiger partial charge >= 0.3 is 0 Å². The summed E-state index contributed by atoms with van der Waals surface area (Å²) in [5.41, 5.74) is 4.92. The van der Waals surface area contributed by atoms with Gasteiger partial charge in [0.2, 0.25) is 5.91 Å². The Morgan fingerprint density at radius 1 is 1.03 bits per heavy atom. The average Bonchev–Trinajstić information content (AvgIpc) is 3.25. The first-order valence-corrected chi connectivity index (χ1v) is 12.6. The molecule has 190 valence electrons. The Hall–Kier alpha value is -2.63.